The molecule has 0 amide bonds. The summed E-state index contributed by atoms with van der Waals surface area (Å²) in [5.74, 6) is 0.373. The second-order valence-corrected chi connectivity index (χ2v) is 10.4. The number of nitrogens with one attached hydrogen (secondary N) is 3. The van der Waals surface area contributed by atoms with Crippen molar-refractivity contribution in [1.29, 1.82) is 0 Å². The van der Waals surface area contributed by atoms with E-state index in [2.05, 4.69) is 30.5 Å². The fourth-order valence-corrected chi connectivity index (χ4v) is 5.75. The highest BCUT2D eigenvalue weighted by Gasteiger charge is 2.21. The lowest BCUT2D eigenvalue weighted by Crippen LogP contribution is -2.20. The molecule has 0 radical (unpaired) electrons. The zero-order valence-corrected chi connectivity index (χ0v) is 21.7. The molecule has 40 heavy (non-hydrogen) atoms. The molecule has 0 atom stereocenters. The molecule has 1 fully saturated rings. The van der Waals surface area contributed by atoms with Crippen molar-refractivity contribution in [2.24, 2.45) is 5.92 Å². The summed E-state index contributed by atoms with van der Waals surface area (Å²) in [6.07, 6.45) is 10.4. The van der Waals surface area contributed by atoms with E-state index in [1.165, 1.54) is 37.8 Å². The van der Waals surface area contributed by atoms with Crippen molar-refractivity contribution in [2.75, 3.05) is 6.54 Å². The average molecular weight is 536 g/mol. The van der Waals surface area contributed by atoms with Crippen molar-refractivity contribution < 1.29 is 8.78 Å². The van der Waals surface area contributed by atoms with E-state index >= 15 is 4.39 Å². The van der Waals surface area contributed by atoms with E-state index in [4.69, 9.17) is 4.98 Å². The lowest BCUT2D eigenvalue weighted by molar-refractivity contribution is 0.489. The first-order chi connectivity index (χ1) is 19.6. The van der Waals surface area contributed by atoms with E-state index in [1.807, 2.05) is 24.4 Å². The molecule has 1 aliphatic carbocycles. The van der Waals surface area contributed by atoms with Gasteiger partial charge < -0.3 is 10.3 Å². The molecule has 0 unspecified atom stereocenters. The number of halogens is 2. The van der Waals surface area contributed by atoms with Crippen molar-refractivity contribution in [1.82, 2.24) is 35.5 Å². The van der Waals surface area contributed by atoms with Crippen LogP contribution in [0.4, 0.5) is 8.78 Å². The first-order valence-electron chi connectivity index (χ1n) is 13.6. The predicted molar refractivity (Wildman–Crippen MR) is 151 cm³/mol. The third-order valence-corrected chi connectivity index (χ3v) is 7.75. The van der Waals surface area contributed by atoms with Gasteiger partial charge in [-0.2, -0.15) is 5.10 Å². The van der Waals surface area contributed by atoms with Crippen LogP contribution in [0.1, 0.15) is 31.2 Å². The molecule has 1 saturated carbocycles. The number of benzene rings is 2. The topological polar surface area (TPSA) is 95.2 Å². The van der Waals surface area contributed by atoms with E-state index in [-0.39, 0.29) is 5.82 Å². The fourth-order valence-electron chi connectivity index (χ4n) is 5.75. The van der Waals surface area contributed by atoms with Crippen molar-refractivity contribution in [3.8, 4) is 33.8 Å². The molecule has 0 saturated heterocycles. The number of hydrogen-bond acceptors (Lipinski definition) is 5. The summed E-state index contributed by atoms with van der Waals surface area (Å²) in [6, 6.07) is 13.6. The molecule has 0 aliphatic heterocycles. The van der Waals surface area contributed by atoms with Gasteiger partial charge in [0, 0.05) is 41.8 Å². The number of aromatic amines is 2. The zero-order chi connectivity index (χ0) is 27.1. The minimum absolute atomic E-state index is 0.327. The minimum atomic E-state index is -0.405. The Hall–Kier alpha value is -4.50. The summed E-state index contributed by atoms with van der Waals surface area (Å²) in [4.78, 5) is 16.7. The van der Waals surface area contributed by atoms with Crippen molar-refractivity contribution in [3.63, 3.8) is 0 Å². The summed E-state index contributed by atoms with van der Waals surface area (Å²) in [5.41, 5.74) is 5.51. The number of nitrogens with zero attached hydrogens (tertiary/aromatic N) is 4. The SMILES string of the molecule is Fc1cccc(-c2ccnc3[nH]c(-c4n[nH]c5ccc(-c6cncc(CNCC7CCCC7)c6)c(F)c45)nc23)c1. The van der Waals surface area contributed by atoms with Gasteiger partial charge in [0.2, 0.25) is 0 Å². The molecule has 6 aromatic rings. The number of fused-ring (bicyclic) bond motifs is 2. The molecule has 4 heterocycles. The van der Waals surface area contributed by atoms with Crippen LogP contribution < -0.4 is 5.32 Å². The first-order valence-corrected chi connectivity index (χ1v) is 13.6. The molecular weight excluding hydrogens is 508 g/mol. The van der Waals surface area contributed by atoms with Crippen LogP contribution in [-0.4, -0.2) is 36.7 Å². The third kappa shape index (κ3) is 4.52. The maximum absolute atomic E-state index is 16.2. The quantitative estimate of drug-likeness (QED) is 0.209. The Balaban J connectivity index is 1.24. The van der Waals surface area contributed by atoms with Gasteiger partial charge in [-0.25, -0.2) is 18.7 Å². The highest BCUT2D eigenvalue weighted by Crippen LogP contribution is 2.35. The minimum Gasteiger partial charge on any atom is -0.321 e. The molecule has 3 N–H and O–H groups in total. The summed E-state index contributed by atoms with van der Waals surface area (Å²) < 4.78 is 30.1. The van der Waals surface area contributed by atoms with E-state index in [9.17, 15) is 4.39 Å². The standard InChI is InChI=1S/C31H27F2N7/c32-22-7-3-6-20(13-22)24-10-11-36-30-28(24)37-31(38-30)29-26-25(39-40-29)9-8-23(27(26)33)21-12-19(16-35-17-21)15-34-14-18-4-1-2-5-18/h3,6-13,16-18,34H,1-2,4-5,14-15H2,(H,39,40)(H,36,37,38). The van der Waals surface area contributed by atoms with Gasteiger partial charge in [-0.1, -0.05) is 25.0 Å². The number of imidazole rings is 1. The molecule has 1 aliphatic rings. The second kappa shape index (κ2) is 10.2. The number of H-pyrrole nitrogens is 2. The molecule has 7 rings (SSSR count). The number of pyridine rings is 2. The zero-order valence-electron chi connectivity index (χ0n) is 21.7. The maximum Gasteiger partial charge on any atom is 0.161 e. The van der Waals surface area contributed by atoms with Crippen molar-refractivity contribution in [2.45, 2.75) is 32.2 Å². The van der Waals surface area contributed by atoms with Gasteiger partial charge in [0.25, 0.3) is 0 Å². The Kier molecular flexibility index (Phi) is 6.28. The summed E-state index contributed by atoms with van der Waals surface area (Å²) in [7, 11) is 0. The second-order valence-electron chi connectivity index (χ2n) is 10.4. The molecule has 200 valence electrons. The summed E-state index contributed by atoms with van der Waals surface area (Å²) >= 11 is 0. The van der Waals surface area contributed by atoms with Gasteiger partial charge in [0.1, 0.15) is 22.8 Å². The Labute approximate surface area is 229 Å². The normalized spacial score (nSPS) is 14.1. The van der Waals surface area contributed by atoms with Gasteiger partial charge in [0.05, 0.1) is 10.9 Å². The predicted octanol–water partition coefficient (Wildman–Crippen LogP) is 6.79. The summed E-state index contributed by atoms with van der Waals surface area (Å²) in [6.45, 7) is 1.69. The molecule has 4 aromatic heterocycles. The highest BCUT2D eigenvalue weighted by molar-refractivity contribution is 5.98. The van der Waals surface area contributed by atoms with E-state index in [0.717, 1.165) is 23.6 Å². The van der Waals surface area contributed by atoms with E-state index in [1.54, 1.807) is 30.6 Å². The van der Waals surface area contributed by atoms with Gasteiger partial charge >= 0.3 is 0 Å². The van der Waals surface area contributed by atoms with Crippen LogP contribution in [0.3, 0.4) is 0 Å². The number of rotatable bonds is 7. The fraction of sp³-hybridized carbons (Fsp3) is 0.226. The van der Waals surface area contributed by atoms with Gasteiger partial charge in [-0.05, 0) is 72.8 Å². The maximum atomic E-state index is 16.2. The summed E-state index contributed by atoms with van der Waals surface area (Å²) in [5, 5.41) is 11.2. The van der Waals surface area contributed by atoms with Crippen LogP contribution in [0.25, 0.3) is 55.8 Å². The van der Waals surface area contributed by atoms with Crippen LogP contribution in [0.2, 0.25) is 0 Å². The molecule has 0 bridgehead atoms. The molecule has 2 aromatic carbocycles. The molecule has 7 nitrogen and oxygen atoms in total. The van der Waals surface area contributed by atoms with Crippen LogP contribution in [0.5, 0.6) is 0 Å². The van der Waals surface area contributed by atoms with Crippen molar-refractivity contribution >= 4 is 22.1 Å². The number of aromatic nitrogens is 6. The smallest absolute Gasteiger partial charge is 0.161 e. The first kappa shape index (κ1) is 24.5. The monoisotopic (exact) mass is 535 g/mol. The Morgan fingerprint density at radius 2 is 1.85 bits per heavy atom. The highest BCUT2D eigenvalue weighted by atomic mass is 19.1. The Morgan fingerprint density at radius 3 is 2.73 bits per heavy atom. The Morgan fingerprint density at radius 1 is 0.950 bits per heavy atom. The van der Waals surface area contributed by atoms with Crippen LogP contribution >= 0.6 is 0 Å². The molecular formula is C31H27F2N7. The van der Waals surface area contributed by atoms with E-state index < -0.39 is 5.82 Å². The van der Waals surface area contributed by atoms with Crippen LogP contribution in [-0.2, 0) is 6.54 Å². The van der Waals surface area contributed by atoms with Gasteiger partial charge in [-0.3, -0.25) is 10.1 Å². The number of hydrogen-bond donors (Lipinski definition) is 3. The van der Waals surface area contributed by atoms with Crippen molar-refractivity contribution in [3.05, 3.63) is 84.3 Å². The van der Waals surface area contributed by atoms with Crippen LogP contribution in [0, 0.1) is 17.6 Å². The van der Waals surface area contributed by atoms with Crippen LogP contribution in [0.15, 0.2) is 67.1 Å². The average Bonchev–Trinajstić information content (AvgIpc) is 3.73. The van der Waals surface area contributed by atoms with Gasteiger partial charge in [-0.15, -0.1) is 0 Å². The lowest BCUT2D eigenvalue weighted by atomic mass is 10.0. The lowest BCUT2D eigenvalue weighted by Gasteiger charge is -2.11. The van der Waals surface area contributed by atoms with E-state index in [0.29, 0.717) is 56.8 Å². The third-order valence-electron chi connectivity index (χ3n) is 7.75. The molecule has 9 heteroatoms. The molecule has 0 spiro atoms. The largest absolute Gasteiger partial charge is 0.321 e. The Bertz CT molecular complexity index is 1840. The van der Waals surface area contributed by atoms with Gasteiger partial charge in [0.15, 0.2) is 11.5 Å².